The molecule has 1 atom stereocenters. The van der Waals surface area contributed by atoms with Gasteiger partial charge < -0.3 is 5.11 Å². The van der Waals surface area contributed by atoms with Crippen molar-refractivity contribution in [1.82, 2.24) is 0 Å². The summed E-state index contributed by atoms with van der Waals surface area (Å²) in [5, 5.41) is 9.24. The summed E-state index contributed by atoms with van der Waals surface area (Å²) in [4.78, 5) is 4.69. The molecule has 1 heterocycles. The maximum atomic E-state index is 9.24. The molecule has 154 valence electrons. The van der Waals surface area contributed by atoms with Crippen LogP contribution < -0.4 is 0 Å². The van der Waals surface area contributed by atoms with Crippen LogP contribution in [0.25, 0.3) is 0 Å². The van der Waals surface area contributed by atoms with Crippen LogP contribution in [0, 0.1) is 0 Å². The smallest absolute Gasteiger partial charge is 0.198 e. The Balaban J connectivity index is 1.83. The molecule has 0 saturated carbocycles. The van der Waals surface area contributed by atoms with Crippen molar-refractivity contribution >= 4 is 5.84 Å². The number of aliphatic hydroxyl groups excluding tert-OH is 1. The minimum absolute atomic E-state index is 0.272. The summed E-state index contributed by atoms with van der Waals surface area (Å²) in [6.45, 7) is 5.42. The van der Waals surface area contributed by atoms with Crippen LogP contribution in [0.1, 0.15) is 110 Å². The van der Waals surface area contributed by atoms with Gasteiger partial charge in [-0.15, -0.1) is 0 Å². The summed E-state index contributed by atoms with van der Waals surface area (Å²) in [7, 11) is 2.23. The van der Waals surface area contributed by atoms with Crippen LogP contribution >= 0.6 is 0 Å². The molecule has 0 spiro atoms. The number of hydrogen-bond donors (Lipinski definition) is 1. The van der Waals surface area contributed by atoms with Gasteiger partial charge in [-0.3, -0.25) is 4.48 Å². The van der Waals surface area contributed by atoms with Gasteiger partial charge in [0.25, 0.3) is 0 Å². The molecule has 1 N–H and O–H groups in total. The lowest BCUT2D eigenvalue weighted by molar-refractivity contribution is -0.815. The summed E-state index contributed by atoms with van der Waals surface area (Å²) < 4.78 is 0.884. The molecular weight excluding hydrogens is 320 g/mol. The summed E-state index contributed by atoms with van der Waals surface area (Å²) in [6, 6.07) is 0. The number of likely N-dealkylation sites (N-methyl/N-ethyl adjacent to an activating group) is 1. The molecule has 3 heteroatoms. The average molecular weight is 368 g/mol. The van der Waals surface area contributed by atoms with Crippen LogP contribution in [-0.4, -0.2) is 48.7 Å². The number of quaternary nitrogens is 1. The highest BCUT2D eigenvalue weighted by Gasteiger charge is 2.32. The first-order valence-corrected chi connectivity index (χ1v) is 11.7. The first kappa shape index (κ1) is 23.6. The van der Waals surface area contributed by atoms with Gasteiger partial charge in [0, 0.05) is 6.42 Å². The normalized spacial score (nSPS) is 19.9. The Bertz CT molecular complexity index is 356. The average Bonchev–Trinajstić information content (AvgIpc) is 2.99. The molecule has 0 saturated heterocycles. The third kappa shape index (κ3) is 10.7. The zero-order valence-electron chi connectivity index (χ0n) is 18.0. The fraction of sp³-hybridized carbons (Fsp3) is 0.957. The molecule has 1 rings (SSSR count). The van der Waals surface area contributed by atoms with Gasteiger partial charge >= 0.3 is 0 Å². The summed E-state index contributed by atoms with van der Waals surface area (Å²) in [5.74, 6) is 1.33. The molecular formula is C23H47N2O+. The van der Waals surface area contributed by atoms with E-state index in [1.807, 2.05) is 0 Å². The Kier molecular flexibility index (Phi) is 14.2. The highest BCUT2D eigenvalue weighted by atomic mass is 16.3. The van der Waals surface area contributed by atoms with Gasteiger partial charge in [0.2, 0.25) is 0 Å². The van der Waals surface area contributed by atoms with E-state index in [1.54, 1.807) is 0 Å². The number of aliphatic imine (C=N–C) groups is 1. The third-order valence-corrected chi connectivity index (χ3v) is 6.11. The number of nitrogens with zero attached hydrogens (tertiary/aromatic N) is 2. The van der Waals surface area contributed by atoms with Crippen molar-refractivity contribution in [3.05, 3.63) is 0 Å². The van der Waals surface area contributed by atoms with E-state index < -0.39 is 0 Å². The maximum Gasteiger partial charge on any atom is 0.198 e. The number of unbranched alkanes of at least 4 members (excludes halogenated alkanes) is 14. The lowest BCUT2D eigenvalue weighted by Gasteiger charge is -2.29. The van der Waals surface area contributed by atoms with Crippen molar-refractivity contribution in [3.63, 3.8) is 0 Å². The maximum absolute atomic E-state index is 9.24. The van der Waals surface area contributed by atoms with Gasteiger partial charge in [0.1, 0.15) is 13.1 Å². The number of hydrogen-bond acceptors (Lipinski definition) is 2. The first-order valence-electron chi connectivity index (χ1n) is 11.7. The number of amidine groups is 1. The number of aliphatic hydroxyl groups is 1. The highest BCUT2D eigenvalue weighted by molar-refractivity contribution is 5.76. The summed E-state index contributed by atoms with van der Waals surface area (Å²) in [5.41, 5.74) is 0. The van der Waals surface area contributed by atoms with Crippen molar-refractivity contribution in [2.75, 3.05) is 33.3 Å². The van der Waals surface area contributed by atoms with E-state index in [1.165, 1.54) is 102 Å². The molecule has 1 aliphatic rings. The minimum atomic E-state index is 0.272. The molecule has 3 nitrogen and oxygen atoms in total. The number of rotatable bonds is 18. The van der Waals surface area contributed by atoms with Crippen LogP contribution in [0.3, 0.4) is 0 Å². The van der Waals surface area contributed by atoms with Gasteiger partial charge in [-0.2, -0.15) is 0 Å². The van der Waals surface area contributed by atoms with Crippen molar-refractivity contribution in [1.29, 1.82) is 0 Å². The third-order valence-electron chi connectivity index (χ3n) is 6.11. The van der Waals surface area contributed by atoms with E-state index in [4.69, 9.17) is 0 Å². The topological polar surface area (TPSA) is 32.6 Å². The lowest BCUT2D eigenvalue weighted by Crippen LogP contribution is -2.48. The van der Waals surface area contributed by atoms with E-state index in [0.717, 1.165) is 30.5 Å². The molecule has 0 radical (unpaired) electrons. The molecule has 0 amide bonds. The molecule has 1 unspecified atom stereocenters. The second-order valence-corrected chi connectivity index (χ2v) is 8.56. The second-order valence-electron chi connectivity index (χ2n) is 8.56. The van der Waals surface area contributed by atoms with Gasteiger partial charge in [-0.05, 0) is 6.42 Å². The Labute approximate surface area is 163 Å². The largest absolute Gasteiger partial charge is 0.390 e. The summed E-state index contributed by atoms with van der Waals surface area (Å²) in [6.07, 6.45) is 22.4. The second kappa shape index (κ2) is 15.6. The van der Waals surface area contributed by atoms with E-state index in [9.17, 15) is 5.11 Å². The summed E-state index contributed by atoms with van der Waals surface area (Å²) >= 11 is 0. The van der Waals surface area contributed by atoms with Crippen LogP contribution in [0.4, 0.5) is 0 Å². The Morgan fingerprint density at radius 2 is 1.23 bits per heavy atom. The Morgan fingerprint density at radius 3 is 1.69 bits per heavy atom. The van der Waals surface area contributed by atoms with E-state index in [0.29, 0.717) is 0 Å². The van der Waals surface area contributed by atoms with Crippen LogP contribution in [0.2, 0.25) is 0 Å². The van der Waals surface area contributed by atoms with E-state index in [2.05, 4.69) is 19.0 Å². The molecule has 1 aliphatic heterocycles. The molecule has 0 bridgehead atoms. The first-order chi connectivity index (χ1) is 12.7. The molecule has 0 aromatic heterocycles. The van der Waals surface area contributed by atoms with E-state index in [-0.39, 0.29) is 6.61 Å². The zero-order valence-corrected chi connectivity index (χ0v) is 18.0. The molecule has 0 aromatic rings. The predicted molar refractivity (Wildman–Crippen MR) is 115 cm³/mol. The van der Waals surface area contributed by atoms with Crippen LogP contribution in [-0.2, 0) is 0 Å². The molecule has 0 aromatic carbocycles. The lowest BCUT2D eigenvalue weighted by atomic mass is 10.0. The standard InChI is InChI=1S/C23H47N2O/c1-3-4-5-6-7-8-9-10-11-12-13-14-15-16-17-18-23-24-19-20-25(23,2)21-22-26/h26H,3-22H2,1-2H3/q+1. The van der Waals surface area contributed by atoms with Crippen molar-refractivity contribution in [2.45, 2.75) is 110 Å². The predicted octanol–water partition coefficient (Wildman–Crippen LogP) is 6.10. The minimum Gasteiger partial charge on any atom is -0.390 e. The van der Waals surface area contributed by atoms with Crippen molar-refractivity contribution in [3.8, 4) is 0 Å². The Hall–Kier alpha value is -0.410. The monoisotopic (exact) mass is 367 g/mol. The molecule has 0 fully saturated rings. The van der Waals surface area contributed by atoms with E-state index >= 15 is 0 Å². The zero-order chi connectivity index (χ0) is 18.9. The SMILES string of the molecule is CCCCCCCCCCCCCCCCCC1=NCC[N+]1(C)CCO. The van der Waals surface area contributed by atoms with Gasteiger partial charge in [0.05, 0.1) is 20.2 Å². The quantitative estimate of drug-likeness (QED) is 0.230. The fourth-order valence-corrected chi connectivity index (χ4v) is 4.16. The van der Waals surface area contributed by atoms with Gasteiger partial charge in [0.15, 0.2) is 5.84 Å². The Morgan fingerprint density at radius 1 is 0.769 bits per heavy atom. The van der Waals surface area contributed by atoms with Crippen molar-refractivity contribution < 1.29 is 9.59 Å². The fourth-order valence-electron chi connectivity index (χ4n) is 4.16. The van der Waals surface area contributed by atoms with Crippen LogP contribution in [0.5, 0.6) is 0 Å². The van der Waals surface area contributed by atoms with Gasteiger partial charge in [-0.1, -0.05) is 96.8 Å². The molecule has 0 aliphatic carbocycles. The van der Waals surface area contributed by atoms with Gasteiger partial charge in [-0.25, -0.2) is 4.99 Å². The van der Waals surface area contributed by atoms with Crippen molar-refractivity contribution in [2.24, 2.45) is 4.99 Å². The molecule has 26 heavy (non-hydrogen) atoms. The highest BCUT2D eigenvalue weighted by Crippen LogP contribution is 2.18. The van der Waals surface area contributed by atoms with Crippen LogP contribution in [0.15, 0.2) is 4.99 Å².